The van der Waals surface area contributed by atoms with E-state index in [2.05, 4.69) is 10.3 Å². The molecule has 1 rings (SSSR count). The topological polar surface area (TPSA) is 78.6 Å². The van der Waals surface area contributed by atoms with Crippen molar-refractivity contribution in [3.05, 3.63) is 12.1 Å². The molecule has 0 spiro atoms. The molecule has 1 aromatic rings. The van der Waals surface area contributed by atoms with Gasteiger partial charge in [-0.1, -0.05) is 0 Å². The number of hydrogen-bond donors (Lipinski definition) is 2. The lowest BCUT2D eigenvalue weighted by molar-refractivity contribution is 0.0759. The van der Waals surface area contributed by atoms with Gasteiger partial charge in [-0.05, 0) is 6.07 Å². The van der Waals surface area contributed by atoms with E-state index >= 15 is 0 Å². The van der Waals surface area contributed by atoms with Crippen molar-refractivity contribution < 1.29 is 14.2 Å². The zero-order valence-electron chi connectivity index (χ0n) is 10.2. The van der Waals surface area contributed by atoms with E-state index in [4.69, 9.17) is 19.9 Å². The summed E-state index contributed by atoms with van der Waals surface area (Å²) in [6.45, 7) is 2.38. The SMILES string of the molecule is COCCOCCNc1nc(OC)ccc1N. The Hall–Kier alpha value is -1.53. The van der Waals surface area contributed by atoms with Gasteiger partial charge in [-0.15, -0.1) is 0 Å². The van der Waals surface area contributed by atoms with Crippen LogP contribution in [0, 0.1) is 0 Å². The van der Waals surface area contributed by atoms with Gasteiger partial charge in [0, 0.05) is 19.7 Å². The quantitative estimate of drug-likeness (QED) is 0.654. The molecule has 0 bridgehead atoms. The van der Waals surface area contributed by atoms with Gasteiger partial charge in [0.25, 0.3) is 0 Å². The Morgan fingerprint density at radius 2 is 2.06 bits per heavy atom. The molecule has 0 fully saturated rings. The van der Waals surface area contributed by atoms with E-state index in [0.29, 0.717) is 43.8 Å². The zero-order chi connectivity index (χ0) is 12.5. The number of nitrogens with one attached hydrogen (secondary N) is 1. The number of rotatable bonds is 8. The first-order valence-corrected chi connectivity index (χ1v) is 5.39. The lowest BCUT2D eigenvalue weighted by atomic mass is 10.4. The molecule has 6 nitrogen and oxygen atoms in total. The van der Waals surface area contributed by atoms with Crippen LogP contribution in [0.15, 0.2) is 12.1 Å². The van der Waals surface area contributed by atoms with Gasteiger partial charge in [-0.25, -0.2) is 0 Å². The second-order valence-electron chi connectivity index (χ2n) is 3.32. The number of aromatic nitrogens is 1. The number of nitrogen functional groups attached to an aromatic ring is 1. The molecule has 0 aliphatic heterocycles. The summed E-state index contributed by atoms with van der Waals surface area (Å²) in [4.78, 5) is 4.19. The fraction of sp³-hybridized carbons (Fsp3) is 0.545. The molecule has 0 radical (unpaired) electrons. The lowest BCUT2D eigenvalue weighted by Crippen LogP contribution is -2.13. The molecule has 0 saturated heterocycles. The van der Waals surface area contributed by atoms with Gasteiger partial charge in [0.1, 0.15) is 0 Å². The van der Waals surface area contributed by atoms with Crippen LogP contribution in [-0.4, -0.2) is 45.6 Å². The van der Waals surface area contributed by atoms with Gasteiger partial charge < -0.3 is 25.3 Å². The van der Waals surface area contributed by atoms with Crippen LogP contribution in [0.5, 0.6) is 5.88 Å². The first kappa shape index (κ1) is 13.5. The molecule has 0 atom stereocenters. The van der Waals surface area contributed by atoms with E-state index in [1.54, 1.807) is 26.4 Å². The van der Waals surface area contributed by atoms with E-state index in [1.807, 2.05) is 0 Å². The van der Waals surface area contributed by atoms with Gasteiger partial charge in [0.05, 0.1) is 32.6 Å². The Morgan fingerprint density at radius 1 is 1.24 bits per heavy atom. The maximum absolute atomic E-state index is 5.77. The summed E-state index contributed by atoms with van der Waals surface area (Å²) in [5.41, 5.74) is 6.35. The molecule has 0 aliphatic carbocycles. The predicted molar refractivity (Wildman–Crippen MR) is 66.4 cm³/mol. The number of ether oxygens (including phenoxy) is 3. The normalized spacial score (nSPS) is 10.2. The van der Waals surface area contributed by atoms with Crippen molar-refractivity contribution in [2.45, 2.75) is 0 Å². The number of nitrogens with zero attached hydrogens (tertiary/aromatic N) is 1. The first-order chi connectivity index (χ1) is 8.27. The number of anilines is 2. The molecule has 0 aliphatic rings. The summed E-state index contributed by atoms with van der Waals surface area (Å²) in [5, 5.41) is 3.08. The summed E-state index contributed by atoms with van der Waals surface area (Å²) < 4.78 is 15.2. The number of hydrogen-bond acceptors (Lipinski definition) is 6. The van der Waals surface area contributed by atoms with Gasteiger partial charge in [0.15, 0.2) is 5.82 Å². The van der Waals surface area contributed by atoms with Crippen LogP contribution < -0.4 is 15.8 Å². The lowest BCUT2D eigenvalue weighted by Gasteiger charge is -2.09. The largest absolute Gasteiger partial charge is 0.481 e. The molecule has 0 unspecified atom stereocenters. The molecule has 1 aromatic heterocycles. The summed E-state index contributed by atoms with van der Waals surface area (Å²) >= 11 is 0. The molecule has 1 heterocycles. The van der Waals surface area contributed by atoms with Gasteiger partial charge in [0.2, 0.25) is 5.88 Å². The van der Waals surface area contributed by atoms with Crippen LogP contribution in [0.1, 0.15) is 0 Å². The standard InChI is InChI=1S/C11H19N3O3/c1-15-7-8-17-6-5-13-11-9(12)3-4-10(14-11)16-2/h3-4H,5-8,12H2,1-2H3,(H,13,14). The summed E-state index contributed by atoms with van der Waals surface area (Å²) in [6.07, 6.45) is 0. The predicted octanol–water partition coefficient (Wildman–Crippen LogP) is 0.747. The molecule has 3 N–H and O–H groups in total. The van der Waals surface area contributed by atoms with Crippen LogP contribution in [0.4, 0.5) is 11.5 Å². The number of pyridine rings is 1. The molecule has 0 amide bonds. The average molecular weight is 241 g/mol. The highest BCUT2D eigenvalue weighted by molar-refractivity contribution is 5.61. The maximum atomic E-state index is 5.77. The van der Waals surface area contributed by atoms with E-state index in [1.165, 1.54) is 0 Å². The third-order valence-corrected chi connectivity index (χ3v) is 2.08. The Labute approximate surface area is 101 Å². The Kier molecular flexibility index (Phi) is 6.13. The summed E-state index contributed by atoms with van der Waals surface area (Å²) in [5.74, 6) is 1.14. The smallest absolute Gasteiger partial charge is 0.215 e. The second-order valence-corrected chi connectivity index (χ2v) is 3.32. The van der Waals surface area contributed by atoms with E-state index in [-0.39, 0.29) is 0 Å². The van der Waals surface area contributed by atoms with Crippen LogP contribution >= 0.6 is 0 Å². The first-order valence-electron chi connectivity index (χ1n) is 5.39. The highest BCUT2D eigenvalue weighted by Gasteiger charge is 2.02. The second kappa shape index (κ2) is 7.70. The third-order valence-electron chi connectivity index (χ3n) is 2.08. The number of methoxy groups -OCH3 is 2. The van der Waals surface area contributed by atoms with Crippen molar-refractivity contribution >= 4 is 11.5 Å². The summed E-state index contributed by atoms with van der Waals surface area (Å²) in [7, 11) is 3.21. The minimum atomic E-state index is 0.530. The van der Waals surface area contributed by atoms with E-state index in [9.17, 15) is 0 Å². The molecular weight excluding hydrogens is 222 g/mol. The third kappa shape index (κ3) is 4.88. The van der Waals surface area contributed by atoms with Crippen molar-refractivity contribution in [1.29, 1.82) is 0 Å². The van der Waals surface area contributed by atoms with Crippen molar-refractivity contribution in [2.75, 3.05) is 51.6 Å². The fourth-order valence-electron chi connectivity index (χ4n) is 1.19. The Bertz CT molecular complexity index is 334. The highest BCUT2D eigenvalue weighted by atomic mass is 16.5. The van der Waals surface area contributed by atoms with Crippen molar-refractivity contribution in [1.82, 2.24) is 4.98 Å². The Morgan fingerprint density at radius 3 is 2.76 bits per heavy atom. The Balaban J connectivity index is 2.30. The van der Waals surface area contributed by atoms with Crippen molar-refractivity contribution in [2.24, 2.45) is 0 Å². The minimum Gasteiger partial charge on any atom is -0.481 e. The number of nitrogens with two attached hydrogens (primary N) is 1. The van der Waals surface area contributed by atoms with Gasteiger partial charge in [-0.2, -0.15) is 4.98 Å². The highest BCUT2D eigenvalue weighted by Crippen LogP contribution is 2.18. The van der Waals surface area contributed by atoms with Crippen LogP contribution in [0.25, 0.3) is 0 Å². The maximum Gasteiger partial charge on any atom is 0.215 e. The molecule has 96 valence electrons. The van der Waals surface area contributed by atoms with Gasteiger partial charge in [-0.3, -0.25) is 0 Å². The van der Waals surface area contributed by atoms with Crippen LogP contribution in [-0.2, 0) is 9.47 Å². The zero-order valence-corrected chi connectivity index (χ0v) is 10.2. The monoisotopic (exact) mass is 241 g/mol. The van der Waals surface area contributed by atoms with Crippen LogP contribution in [0.3, 0.4) is 0 Å². The van der Waals surface area contributed by atoms with E-state index in [0.717, 1.165) is 0 Å². The molecular formula is C11H19N3O3. The minimum absolute atomic E-state index is 0.530. The molecule has 0 aromatic carbocycles. The van der Waals surface area contributed by atoms with Crippen molar-refractivity contribution in [3.8, 4) is 5.88 Å². The molecule has 17 heavy (non-hydrogen) atoms. The van der Waals surface area contributed by atoms with Crippen LogP contribution in [0.2, 0.25) is 0 Å². The van der Waals surface area contributed by atoms with Crippen molar-refractivity contribution in [3.63, 3.8) is 0 Å². The van der Waals surface area contributed by atoms with Gasteiger partial charge >= 0.3 is 0 Å². The molecule has 6 heteroatoms. The molecule has 0 saturated carbocycles. The van der Waals surface area contributed by atoms with E-state index < -0.39 is 0 Å². The summed E-state index contributed by atoms with van der Waals surface area (Å²) in [6, 6.07) is 3.47. The average Bonchev–Trinajstić information content (AvgIpc) is 2.35. The fourth-order valence-corrected chi connectivity index (χ4v) is 1.19.